The lowest BCUT2D eigenvalue weighted by atomic mass is 10.2. The first kappa shape index (κ1) is 11.9. The fraction of sp³-hybridized carbons (Fsp3) is 0.714. The van der Waals surface area contributed by atoms with E-state index in [1.165, 1.54) is 6.92 Å². The highest BCUT2D eigenvalue weighted by molar-refractivity contribution is 7.90. The van der Waals surface area contributed by atoms with Crippen molar-refractivity contribution in [2.75, 3.05) is 18.6 Å². The first-order valence-electron chi connectivity index (χ1n) is 3.72. The van der Waals surface area contributed by atoms with E-state index in [-0.39, 0.29) is 12.3 Å². The predicted molar refractivity (Wildman–Crippen MR) is 47.5 cm³/mol. The summed E-state index contributed by atoms with van der Waals surface area (Å²) in [4.78, 5) is 10.9. The summed E-state index contributed by atoms with van der Waals surface area (Å²) >= 11 is 0. The van der Waals surface area contributed by atoms with E-state index < -0.39 is 21.7 Å². The summed E-state index contributed by atoms with van der Waals surface area (Å²) in [5.74, 6) is -1.28. The molecule has 0 aromatic heterocycles. The molecule has 0 saturated heterocycles. The molecular formula is C7H12N2O3S. The molecule has 0 saturated carbocycles. The van der Waals surface area contributed by atoms with E-state index in [9.17, 15) is 13.2 Å². The van der Waals surface area contributed by atoms with Crippen LogP contribution in [0.4, 0.5) is 0 Å². The van der Waals surface area contributed by atoms with Crippen molar-refractivity contribution in [1.29, 1.82) is 5.26 Å². The lowest BCUT2D eigenvalue weighted by molar-refractivity contribution is -0.122. The molecule has 74 valence electrons. The van der Waals surface area contributed by atoms with Crippen LogP contribution in [0, 0.1) is 17.2 Å². The molecule has 0 rings (SSSR count). The third-order valence-electron chi connectivity index (χ3n) is 1.36. The molecule has 0 aliphatic carbocycles. The number of carbonyl (C=O) groups is 1. The number of rotatable bonds is 4. The quantitative estimate of drug-likeness (QED) is 0.656. The van der Waals surface area contributed by atoms with Gasteiger partial charge < -0.3 is 5.32 Å². The van der Waals surface area contributed by atoms with Crippen LogP contribution in [0.25, 0.3) is 0 Å². The molecule has 5 nitrogen and oxygen atoms in total. The zero-order valence-electron chi connectivity index (χ0n) is 7.57. The van der Waals surface area contributed by atoms with Crippen LogP contribution >= 0.6 is 0 Å². The second-order valence-corrected chi connectivity index (χ2v) is 5.03. The summed E-state index contributed by atoms with van der Waals surface area (Å²) < 4.78 is 21.3. The van der Waals surface area contributed by atoms with Gasteiger partial charge in [0.1, 0.15) is 15.8 Å². The Morgan fingerprint density at radius 3 is 2.54 bits per heavy atom. The molecule has 1 N–H and O–H groups in total. The fourth-order valence-electron chi connectivity index (χ4n) is 0.571. The minimum atomic E-state index is -3.05. The second-order valence-electron chi connectivity index (χ2n) is 2.77. The Morgan fingerprint density at radius 1 is 1.62 bits per heavy atom. The fourth-order valence-corrected chi connectivity index (χ4v) is 1.04. The van der Waals surface area contributed by atoms with Crippen molar-refractivity contribution in [3.05, 3.63) is 0 Å². The van der Waals surface area contributed by atoms with Crippen molar-refractivity contribution in [2.45, 2.75) is 6.92 Å². The van der Waals surface area contributed by atoms with Gasteiger partial charge >= 0.3 is 0 Å². The Hall–Kier alpha value is -1.09. The molecule has 0 spiro atoms. The summed E-state index contributed by atoms with van der Waals surface area (Å²) in [5.41, 5.74) is 0. The van der Waals surface area contributed by atoms with Gasteiger partial charge in [0, 0.05) is 12.8 Å². The zero-order chi connectivity index (χ0) is 10.5. The maximum absolute atomic E-state index is 10.9. The molecule has 0 aliphatic rings. The van der Waals surface area contributed by atoms with E-state index in [1.807, 2.05) is 0 Å². The van der Waals surface area contributed by atoms with E-state index in [0.29, 0.717) is 0 Å². The SMILES string of the molecule is CC(C#N)C(=O)NCCS(C)(=O)=O. The number of nitrogens with zero attached hydrogens (tertiary/aromatic N) is 1. The third kappa shape index (κ3) is 6.11. The van der Waals surface area contributed by atoms with Gasteiger partial charge in [0.05, 0.1) is 11.8 Å². The van der Waals surface area contributed by atoms with Crippen molar-refractivity contribution in [1.82, 2.24) is 5.32 Å². The molecular weight excluding hydrogens is 192 g/mol. The van der Waals surface area contributed by atoms with Crippen molar-refractivity contribution in [3.8, 4) is 6.07 Å². The highest BCUT2D eigenvalue weighted by Crippen LogP contribution is 1.90. The Balaban J connectivity index is 3.81. The summed E-state index contributed by atoms with van der Waals surface area (Å²) in [6.07, 6.45) is 1.09. The smallest absolute Gasteiger partial charge is 0.237 e. The molecule has 1 amide bonds. The predicted octanol–water partition coefficient (Wildman–Crippen LogP) is -0.693. The van der Waals surface area contributed by atoms with Crippen molar-refractivity contribution in [3.63, 3.8) is 0 Å². The first-order chi connectivity index (χ1) is 5.87. The zero-order valence-corrected chi connectivity index (χ0v) is 8.39. The molecule has 6 heteroatoms. The monoisotopic (exact) mass is 204 g/mol. The van der Waals surface area contributed by atoms with Gasteiger partial charge in [0.15, 0.2) is 0 Å². The number of hydrogen-bond donors (Lipinski definition) is 1. The van der Waals surface area contributed by atoms with Crippen LogP contribution < -0.4 is 5.32 Å². The van der Waals surface area contributed by atoms with Crippen LogP contribution in [-0.2, 0) is 14.6 Å². The molecule has 0 aromatic carbocycles. The van der Waals surface area contributed by atoms with Gasteiger partial charge in [-0.25, -0.2) is 8.42 Å². The van der Waals surface area contributed by atoms with Gasteiger partial charge in [-0.1, -0.05) is 0 Å². The second kappa shape index (κ2) is 4.82. The minimum absolute atomic E-state index is 0.0592. The molecule has 0 aliphatic heterocycles. The van der Waals surface area contributed by atoms with Crippen LogP contribution in [0.5, 0.6) is 0 Å². The summed E-state index contributed by atoms with van der Waals surface area (Å²) in [5, 5.41) is 10.7. The van der Waals surface area contributed by atoms with Crippen LogP contribution in [0.15, 0.2) is 0 Å². The molecule has 0 fully saturated rings. The maximum atomic E-state index is 10.9. The minimum Gasteiger partial charge on any atom is -0.354 e. The molecule has 1 unspecified atom stereocenters. The maximum Gasteiger partial charge on any atom is 0.237 e. The molecule has 0 bridgehead atoms. The Labute approximate surface area is 77.7 Å². The number of hydrogen-bond acceptors (Lipinski definition) is 4. The number of sulfone groups is 1. The van der Waals surface area contributed by atoms with Crippen LogP contribution in [0.3, 0.4) is 0 Å². The number of nitriles is 1. The van der Waals surface area contributed by atoms with Crippen molar-refractivity contribution >= 4 is 15.7 Å². The van der Waals surface area contributed by atoms with Gasteiger partial charge in [0.2, 0.25) is 5.91 Å². The number of nitrogens with one attached hydrogen (secondary N) is 1. The van der Waals surface area contributed by atoms with E-state index >= 15 is 0 Å². The molecule has 13 heavy (non-hydrogen) atoms. The van der Waals surface area contributed by atoms with Crippen molar-refractivity contribution < 1.29 is 13.2 Å². The third-order valence-corrected chi connectivity index (χ3v) is 2.30. The largest absolute Gasteiger partial charge is 0.354 e. The Bertz CT molecular complexity index is 315. The average Bonchev–Trinajstić information content (AvgIpc) is 2.00. The van der Waals surface area contributed by atoms with Gasteiger partial charge in [-0.2, -0.15) is 5.26 Å². The van der Waals surface area contributed by atoms with Crippen LogP contribution in [0.1, 0.15) is 6.92 Å². The Morgan fingerprint density at radius 2 is 2.15 bits per heavy atom. The van der Waals surface area contributed by atoms with Crippen molar-refractivity contribution in [2.24, 2.45) is 5.92 Å². The first-order valence-corrected chi connectivity index (χ1v) is 5.78. The number of amides is 1. The van der Waals surface area contributed by atoms with E-state index in [0.717, 1.165) is 6.26 Å². The van der Waals surface area contributed by atoms with Gasteiger partial charge in [0.25, 0.3) is 0 Å². The van der Waals surface area contributed by atoms with Crippen LogP contribution in [0.2, 0.25) is 0 Å². The topological polar surface area (TPSA) is 87.0 Å². The number of carbonyl (C=O) groups excluding carboxylic acids is 1. The van der Waals surface area contributed by atoms with Gasteiger partial charge in [-0.3, -0.25) is 4.79 Å². The van der Waals surface area contributed by atoms with Crippen LogP contribution in [-0.4, -0.2) is 32.9 Å². The Kier molecular flexibility index (Phi) is 4.42. The normalized spacial score (nSPS) is 13.0. The molecule has 0 heterocycles. The van der Waals surface area contributed by atoms with E-state index in [1.54, 1.807) is 6.07 Å². The van der Waals surface area contributed by atoms with Gasteiger partial charge in [-0.15, -0.1) is 0 Å². The summed E-state index contributed by atoms with van der Waals surface area (Å²) in [6, 6.07) is 1.75. The summed E-state index contributed by atoms with van der Waals surface area (Å²) in [7, 11) is -3.05. The standard InChI is InChI=1S/C7H12N2O3S/c1-6(5-8)7(10)9-3-4-13(2,11)12/h6H,3-4H2,1-2H3,(H,9,10). The average molecular weight is 204 g/mol. The summed E-state index contributed by atoms with van der Waals surface area (Å²) in [6.45, 7) is 1.51. The lowest BCUT2D eigenvalue weighted by Gasteiger charge is -2.04. The van der Waals surface area contributed by atoms with E-state index in [2.05, 4.69) is 5.32 Å². The van der Waals surface area contributed by atoms with Gasteiger partial charge in [-0.05, 0) is 6.92 Å². The highest BCUT2D eigenvalue weighted by Gasteiger charge is 2.11. The van der Waals surface area contributed by atoms with E-state index in [4.69, 9.17) is 5.26 Å². The molecule has 0 aromatic rings. The lowest BCUT2D eigenvalue weighted by Crippen LogP contribution is -2.32. The molecule has 1 atom stereocenters. The highest BCUT2D eigenvalue weighted by atomic mass is 32.2. The molecule has 0 radical (unpaired) electrons.